The monoisotopic (exact) mass is 321 g/mol. The highest BCUT2D eigenvalue weighted by atomic mass is 15.2. The minimum atomic E-state index is 0.939. The van der Waals surface area contributed by atoms with Crippen LogP contribution < -0.4 is 0 Å². The zero-order valence-electron chi connectivity index (χ0n) is 15.7. The van der Waals surface area contributed by atoms with Crippen LogP contribution in [0.5, 0.6) is 0 Å². The number of piperidine rings is 3. The molecule has 0 aliphatic carbocycles. The maximum Gasteiger partial charge on any atom is 0.00219 e. The van der Waals surface area contributed by atoms with Gasteiger partial charge in [-0.05, 0) is 109 Å². The summed E-state index contributed by atoms with van der Waals surface area (Å²) >= 11 is 0. The molecule has 0 saturated carbocycles. The van der Waals surface area contributed by atoms with Crippen molar-refractivity contribution in [3.8, 4) is 0 Å². The first-order chi connectivity index (χ1) is 11.2. The first-order valence-corrected chi connectivity index (χ1v) is 10.4. The predicted molar refractivity (Wildman–Crippen MR) is 98.8 cm³/mol. The van der Waals surface area contributed by atoms with Crippen molar-refractivity contribution in [3.05, 3.63) is 0 Å². The zero-order chi connectivity index (χ0) is 16.1. The van der Waals surface area contributed by atoms with E-state index >= 15 is 0 Å². The molecular weight excluding hydrogens is 282 g/mol. The molecule has 0 aromatic rings. The van der Waals surface area contributed by atoms with Gasteiger partial charge in [0.1, 0.15) is 0 Å². The highest BCUT2D eigenvalue weighted by Gasteiger charge is 2.27. The normalized spacial score (nSPS) is 30.8. The minimum absolute atomic E-state index is 0.939. The molecule has 0 amide bonds. The van der Waals surface area contributed by atoms with Crippen molar-refractivity contribution >= 4 is 0 Å². The molecule has 0 radical (unpaired) electrons. The van der Waals surface area contributed by atoms with Gasteiger partial charge in [-0.3, -0.25) is 0 Å². The van der Waals surface area contributed by atoms with Gasteiger partial charge in [-0.2, -0.15) is 0 Å². The summed E-state index contributed by atoms with van der Waals surface area (Å²) in [6.45, 7) is 13.0. The molecule has 3 fully saturated rings. The minimum Gasteiger partial charge on any atom is -0.306 e. The van der Waals surface area contributed by atoms with E-state index in [2.05, 4.69) is 28.7 Å². The van der Waals surface area contributed by atoms with E-state index in [0.29, 0.717) is 0 Å². The SMILES string of the molecule is CCN1CCCC(CN2CCC(CC3CCN(C)CC3)CC2)C1. The molecule has 1 unspecified atom stereocenters. The van der Waals surface area contributed by atoms with E-state index in [1.165, 1.54) is 97.3 Å². The van der Waals surface area contributed by atoms with Gasteiger partial charge in [0.15, 0.2) is 0 Å². The van der Waals surface area contributed by atoms with Gasteiger partial charge in [0.05, 0.1) is 0 Å². The van der Waals surface area contributed by atoms with E-state index < -0.39 is 0 Å². The van der Waals surface area contributed by atoms with E-state index in [1.54, 1.807) is 0 Å². The third-order valence-corrected chi connectivity index (χ3v) is 6.78. The molecule has 0 aromatic carbocycles. The third kappa shape index (κ3) is 5.44. The van der Waals surface area contributed by atoms with Gasteiger partial charge < -0.3 is 14.7 Å². The van der Waals surface area contributed by atoms with Gasteiger partial charge in [-0.15, -0.1) is 0 Å². The summed E-state index contributed by atoms with van der Waals surface area (Å²) in [5, 5.41) is 0. The molecule has 23 heavy (non-hydrogen) atoms. The van der Waals surface area contributed by atoms with Crippen LogP contribution in [0.3, 0.4) is 0 Å². The van der Waals surface area contributed by atoms with E-state index in [1.807, 2.05) is 0 Å². The molecule has 1 atom stereocenters. The van der Waals surface area contributed by atoms with Crippen molar-refractivity contribution < 1.29 is 0 Å². The van der Waals surface area contributed by atoms with E-state index in [4.69, 9.17) is 0 Å². The maximum atomic E-state index is 2.79. The molecule has 0 aromatic heterocycles. The smallest absolute Gasteiger partial charge is 0.00219 e. The second kappa shape index (κ2) is 8.82. The van der Waals surface area contributed by atoms with Crippen molar-refractivity contribution in [1.29, 1.82) is 0 Å². The van der Waals surface area contributed by atoms with Gasteiger partial charge in [-0.1, -0.05) is 6.92 Å². The van der Waals surface area contributed by atoms with E-state index in [9.17, 15) is 0 Å². The van der Waals surface area contributed by atoms with Gasteiger partial charge in [-0.25, -0.2) is 0 Å². The van der Waals surface area contributed by atoms with Crippen molar-refractivity contribution in [2.75, 3.05) is 59.4 Å². The van der Waals surface area contributed by atoms with Crippen LogP contribution in [-0.4, -0.2) is 74.1 Å². The highest BCUT2D eigenvalue weighted by Crippen LogP contribution is 2.30. The molecule has 3 nitrogen and oxygen atoms in total. The topological polar surface area (TPSA) is 9.72 Å². The molecular formula is C20H39N3. The Morgan fingerprint density at radius 1 is 0.739 bits per heavy atom. The number of hydrogen-bond acceptors (Lipinski definition) is 3. The summed E-state index contributed by atoms with van der Waals surface area (Å²) in [4.78, 5) is 7.94. The van der Waals surface area contributed by atoms with Crippen LogP contribution in [0.15, 0.2) is 0 Å². The van der Waals surface area contributed by atoms with Crippen molar-refractivity contribution in [3.63, 3.8) is 0 Å². The molecule has 3 heteroatoms. The average Bonchev–Trinajstić information content (AvgIpc) is 2.59. The van der Waals surface area contributed by atoms with Gasteiger partial charge in [0.25, 0.3) is 0 Å². The van der Waals surface area contributed by atoms with Crippen LogP contribution in [0, 0.1) is 17.8 Å². The Bertz CT molecular complexity index is 330. The second-order valence-electron chi connectivity index (χ2n) is 8.63. The molecule has 3 heterocycles. The first kappa shape index (κ1) is 17.7. The summed E-state index contributed by atoms with van der Waals surface area (Å²) < 4.78 is 0. The Morgan fingerprint density at radius 2 is 1.39 bits per heavy atom. The number of nitrogens with zero attached hydrogens (tertiary/aromatic N) is 3. The van der Waals surface area contributed by atoms with E-state index in [0.717, 1.165) is 17.8 Å². The summed E-state index contributed by atoms with van der Waals surface area (Å²) in [5.41, 5.74) is 0. The molecule has 3 aliphatic heterocycles. The predicted octanol–water partition coefficient (Wildman–Crippen LogP) is 3.16. The number of rotatable bonds is 5. The van der Waals surface area contributed by atoms with Crippen LogP contribution in [-0.2, 0) is 0 Å². The number of likely N-dealkylation sites (tertiary alicyclic amines) is 3. The fraction of sp³-hybridized carbons (Fsp3) is 1.00. The lowest BCUT2D eigenvalue weighted by Gasteiger charge is -2.39. The Morgan fingerprint density at radius 3 is 2.04 bits per heavy atom. The molecule has 3 aliphatic rings. The fourth-order valence-electron chi connectivity index (χ4n) is 5.13. The quantitative estimate of drug-likeness (QED) is 0.770. The largest absolute Gasteiger partial charge is 0.306 e. The van der Waals surface area contributed by atoms with Crippen molar-refractivity contribution in [2.45, 2.75) is 51.9 Å². The molecule has 0 N–H and O–H groups in total. The van der Waals surface area contributed by atoms with Gasteiger partial charge in [0.2, 0.25) is 0 Å². The van der Waals surface area contributed by atoms with Gasteiger partial charge >= 0.3 is 0 Å². The Kier molecular flexibility index (Phi) is 6.79. The van der Waals surface area contributed by atoms with E-state index in [-0.39, 0.29) is 0 Å². The second-order valence-corrected chi connectivity index (χ2v) is 8.63. The lowest BCUT2D eigenvalue weighted by atomic mass is 9.82. The van der Waals surface area contributed by atoms with Crippen LogP contribution >= 0.6 is 0 Å². The lowest BCUT2D eigenvalue weighted by Crippen LogP contribution is -2.43. The van der Waals surface area contributed by atoms with Crippen LogP contribution in [0.2, 0.25) is 0 Å². The Balaban J connectivity index is 1.34. The van der Waals surface area contributed by atoms with Crippen molar-refractivity contribution in [2.24, 2.45) is 17.8 Å². The molecule has 0 bridgehead atoms. The molecule has 3 rings (SSSR count). The van der Waals surface area contributed by atoms with Crippen LogP contribution in [0.25, 0.3) is 0 Å². The fourth-order valence-corrected chi connectivity index (χ4v) is 5.13. The summed E-state index contributed by atoms with van der Waals surface area (Å²) in [7, 11) is 2.28. The van der Waals surface area contributed by atoms with Crippen LogP contribution in [0.1, 0.15) is 51.9 Å². The molecule has 3 saturated heterocycles. The van der Waals surface area contributed by atoms with Gasteiger partial charge in [0, 0.05) is 13.1 Å². The third-order valence-electron chi connectivity index (χ3n) is 6.78. The summed E-state index contributed by atoms with van der Waals surface area (Å²) in [5.74, 6) is 2.99. The summed E-state index contributed by atoms with van der Waals surface area (Å²) in [6.07, 6.45) is 10.2. The lowest BCUT2D eigenvalue weighted by molar-refractivity contribution is 0.101. The highest BCUT2D eigenvalue weighted by molar-refractivity contribution is 4.81. The number of hydrogen-bond donors (Lipinski definition) is 0. The zero-order valence-corrected chi connectivity index (χ0v) is 15.7. The Labute approximate surface area is 144 Å². The average molecular weight is 322 g/mol. The Hall–Kier alpha value is -0.120. The van der Waals surface area contributed by atoms with Crippen molar-refractivity contribution in [1.82, 2.24) is 14.7 Å². The maximum absolute atomic E-state index is 2.79. The molecule has 0 spiro atoms. The van der Waals surface area contributed by atoms with Crippen LogP contribution in [0.4, 0.5) is 0 Å². The summed E-state index contributed by atoms with van der Waals surface area (Å²) in [6, 6.07) is 0. The standard InChI is InChI=1S/C20H39N3/c1-3-22-10-4-5-20(16-22)17-23-13-8-19(9-14-23)15-18-6-11-21(2)12-7-18/h18-20H,3-17H2,1-2H3. The molecule has 134 valence electrons. The first-order valence-electron chi connectivity index (χ1n) is 10.4.